The second kappa shape index (κ2) is 17.1. The van der Waals surface area contributed by atoms with Gasteiger partial charge in [0, 0.05) is 36.7 Å². The molecular formula is C42H47Cl2N3O6S. The summed E-state index contributed by atoms with van der Waals surface area (Å²) in [6.45, 7) is 2.88. The third-order valence-electron chi connectivity index (χ3n) is 10.8. The molecule has 12 heteroatoms. The average molecular weight is 793 g/mol. The lowest BCUT2D eigenvalue weighted by molar-refractivity contribution is 0.0484. The highest BCUT2D eigenvalue weighted by atomic mass is 35.5. The molecule has 2 aliphatic heterocycles. The fourth-order valence-corrected chi connectivity index (χ4v) is 9.63. The third kappa shape index (κ3) is 8.13. The van der Waals surface area contributed by atoms with E-state index in [4.69, 9.17) is 42.1 Å². The molecule has 2 heterocycles. The van der Waals surface area contributed by atoms with Crippen LogP contribution in [-0.4, -0.2) is 88.3 Å². The Morgan fingerprint density at radius 1 is 0.852 bits per heavy atom. The number of piperidine rings is 1. The number of para-hydroxylation sites is 1. The van der Waals surface area contributed by atoms with Crippen LogP contribution in [0.15, 0.2) is 84.9 Å². The Morgan fingerprint density at radius 2 is 1.52 bits per heavy atom. The van der Waals surface area contributed by atoms with Gasteiger partial charge < -0.3 is 28.7 Å². The van der Waals surface area contributed by atoms with Gasteiger partial charge in [0.05, 0.1) is 36.9 Å². The standard InChI is InChI=1S/C42H47Cl2N3O6S/c1-45(39(48)30-24-36(50-3)38(52-5)37(25-30)51-4)28-41(31-16-17-34(43)35(44)26-31,46(2)40(49)53-32-13-7-6-8-14-32)18-11-21-47-22-19-42(20-23-47)33-15-10-9-12-29(33)27-54-42/h6-10,12-17,24-26H,11,18-23,27-28H2,1-5H3/t41-/m1/s1. The van der Waals surface area contributed by atoms with Gasteiger partial charge >= 0.3 is 6.09 Å². The first kappa shape index (κ1) is 39.6. The van der Waals surface area contributed by atoms with Gasteiger partial charge in [-0.25, -0.2) is 4.79 Å². The molecule has 0 aromatic heterocycles. The van der Waals surface area contributed by atoms with Crippen LogP contribution in [0.1, 0.15) is 52.7 Å². The molecule has 1 spiro atoms. The molecule has 0 N–H and O–H groups in total. The summed E-state index contributed by atoms with van der Waals surface area (Å²) in [5.74, 6) is 2.27. The number of benzene rings is 4. The number of rotatable bonds is 13. The van der Waals surface area contributed by atoms with Crippen molar-refractivity contribution in [3.05, 3.63) is 117 Å². The molecule has 1 atom stereocenters. The van der Waals surface area contributed by atoms with Gasteiger partial charge in [0.2, 0.25) is 5.75 Å². The minimum absolute atomic E-state index is 0.109. The maximum absolute atomic E-state index is 14.3. The van der Waals surface area contributed by atoms with Gasteiger partial charge in [-0.1, -0.05) is 71.7 Å². The van der Waals surface area contributed by atoms with Crippen molar-refractivity contribution in [2.75, 3.05) is 61.6 Å². The molecule has 0 bridgehead atoms. The molecule has 0 aliphatic carbocycles. The van der Waals surface area contributed by atoms with Crippen molar-refractivity contribution in [2.45, 2.75) is 41.7 Å². The second-order valence-corrected chi connectivity index (χ2v) is 16.0. The van der Waals surface area contributed by atoms with Crippen molar-refractivity contribution in [2.24, 2.45) is 0 Å². The molecule has 4 aromatic rings. The number of ether oxygens (including phenoxy) is 4. The van der Waals surface area contributed by atoms with Crippen molar-refractivity contribution in [1.82, 2.24) is 14.7 Å². The van der Waals surface area contributed by atoms with E-state index in [9.17, 15) is 9.59 Å². The van der Waals surface area contributed by atoms with Crippen LogP contribution in [0, 0.1) is 0 Å². The lowest BCUT2D eigenvalue weighted by Crippen LogP contribution is -2.55. The molecule has 2 amide bonds. The SMILES string of the molecule is COc1cc(C(=O)N(C)C[C@](CCCN2CCC3(CC2)SCc2ccccc23)(c2ccc(Cl)c(Cl)c2)N(C)C(=O)Oc2ccccc2)cc(OC)c1OC. The molecule has 286 valence electrons. The summed E-state index contributed by atoms with van der Waals surface area (Å²) < 4.78 is 22.7. The predicted molar refractivity (Wildman–Crippen MR) is 216 cm³/mol. The van der Waals surface area contributed by atoms with Crippen LogP contribution >= 0.6 is 35.0 Å². The Morgan fingerprint density at radius 3 is 2.17 bits per heavy atom. The van der Waals surface area contributed by atoms with E-state index in [2.05, 4.69) is 40.9 Å². The van der Waals surface area contributed by atoms with Crippen LogP contribution in [-0.2, 0) is 16.0 Å². The first-order valence-corrected chi connectivity index (χ1v) is 19.7. The highest BCUT2D eigenvalue weighted by Gasteiger charge is 2.44. The van der Waals surface area contributed by atoms with Crippen molar-refractivity contribution in [1.29, 1.82) is 0 Å². The van der Waals surface area contributed by atoms with Gasteiger partial charge in [0.25, 0.3) is 5.91 Å². The zero-order valence-corrected chi connectivity index (χ0v) is 33.7. The number of carbonyl (C=O) groups excluding carboxylic acids is 2. The average Bonchev–Trinajstić information content (AvgIpc) is 3.55. The molecule has 2 aliphatic rings. The molecule has 1 fully saturated rings. The Balaban J connectivity index is 1.31. The van der Waals surface area contributed by atoms with Gasteiger partial charge in [-0.05, 0) is 98.4 Å². The number of methoxy groups -OCH3 is 3. The smallest absolute Gasteiger partial charge is 0.415 e. The number of nitrogens with zero attached hydrogens (tertiary/aromatic N) is 3. The number of carbonyl (C=O) groups is 2. The van der Waals surface area contributed by atoms with Crippen LogP contribution in [0.5, 0.6) is 23.0 Å². The number of hydrogen-bond donors (Lipinski definition) is 0. The zero-order valence-electron chi connectivity index (χ0n) is 31.4. The molecule has 6 rings (SSSR count). The predicted octanol–water partition coefficient (Wildman–Crippen LogP) is 9.14. The summed E-state index contributed by atoms with van der Waals surface area (Å²) in [6.07, 6.45) is 2.82. The van der Waals surface area contributed by atoms with Crippen molar-refractivity contribution in [3.63, 3.8) is 0 Å². The van der Waals surface area contributed by atoms with Crippen molar-refractivity contribution >= 4 is 47.0 Å². The molecule has 0 saturated carbocycles. The lowest BCUT2D eigenvalue weighted by Gasteiger charge is -2.45. The van der Waals surface area contributed by atoms with Gasteiger partial charge in [-0.15, -0.1) is 11.8 Å². The van der Waals surface area contributed by atoms with Crippen molar-refractivity contribution in [3.8, 4) is 23.0 Å². The fraction of sp³-hybridized carbons (Fsp3) is 0.381. The number of likely N-dealkylation sites (tertiary alicyclic amines) is 1. The van der Waals surface area contributed by atoms with E-state index >= 15 is 0 Å². The summed E-state index contributed by atoms with van der Waals surface area (Å²) in [4.78, 5) is 34.2. The molecule has 4 aromatic carbocycles. The highest BCUT2D eigenvalue weighted by Crippen LogP contribution is 2.53. The lowest BCUT2D eigenvalue weighted by atomic mass is 9.82. The van der Waals surface area contributed by atoms with E-state index in [1.807, 2.05) is 24.3 Å². The summed E-state index contributed by atoms with van der Waals surface area (Å²) in [5.41, 5.74) is 2.93. The molecule has 9 nitrogen and oxygen atoms in total. The molecule has 0 radical (unpaired) electrons. The fourth-order valence-electron chi connectivity index (χ4n) is 7.82. The second-order valence-electron chi connectivity index (χ2n) is 13.9. The van der Waals surface area contributed by atoms with Crippen molar-refractivity contribution < 1.29 is 28.5 Å². The van der Waals surface area contributed by atoms with E-state index in [0.29, 0.717) is 45.0 Å². The number of halogens is 2. The highest BCUT2D eigenvalue weighted by molar-refractivity contribution is 7.99. The number of amides is 2. The van der Waals surface area contributed by atoms with Crippen LogP contribution in [0.4, 0.5) is 4.79 Å². The Hall–Kier alpha value is -4.09. The summed E-state index contributed by atoms with van der Waals surface area (Å²) in [5, 5.41) is 0.733. The maximum atomic E-state index is 14.3. The van der Waals surface area contributed by atoms with Gasteiger partial charge in [0.1, 0.15) is 5.75 Å². The van der Waals surface area contributed by atoms with E-state index < -0.39 is 11.6 Å². The normalized spacial score (nSPS) is 15.9. The van der Waals surface area contributed by atoms with Crippen LogP contribution in [0.2, 0.25) is 10.0 Å². The van der Waals surface area contributed by atoms with E-state index in [1.54, 1.807) is 60.3 Å². The van der Waals surface area contributed by atoms with Crippen LogP contribution in [0.3, 0.4) is 0 Å². The van der Waals surface area contributed by atoms with E-state index in [0.717, 1.165) is 50.2 Å². The first-order valence-electron chi connectivity index (χ1n) is 18.0. The Bertz CT molecular complexity index is 1930. The quantitative estimate of drug-likeness (QED) is 0.133. The monoisotopic (exact) mass is 791 g/mol. The minimum Gasteiger partial charge on any atom is -0.493 e. The molecular weight excluding hydrogens is 745 g/mol. The van der Waals surface area contributed by atoms with E-state index in [-0.39, 0.29) is 17.2 Å². The van der Waals surface area contributed by atoms with Crippen LogP contribution in [0.25, 0.3) is 0 Å². The van der Waals surface area contributed by atoms with Gasteiger partial charge in [0.15, 0.2) is 11.5 Å². The minimum atomic E-state index is -1.08. The maximum Gasteiger partial charge on any atom is 0.415 e. The number of thioether (sulfide) groups is 1. The third-order valence-corrected chi connectivity index (χ3v) is 13.2. The van der Waals surface area contributed by atoms with Crippen LogP contribution < -0.4 is 18.9 Å². The Kier molecular flexibility index (Phi) is 12.6. The number of hydrogen-bond acceptors (Lipinski definition) is 8. The summed E-state index contributed by atoms with van der Waals surface area (Å²) in [6, 6.07) is 26.4. The molecule has 54 heavy (non-hydrogen) atoms. The summed E-state index contributed by atoms with van der Waals surface area (Å²) in [7, 11) is 7.95. The number of likely N-dealkylation sites (N-methyl/N-ethyl adjacent to an activating group) is 2. The van der Waals surface area contributed by atoms with E-state index in [1.165, 1.54) is 32.5 Å². The van der Waals surface area contributed by atoms with Gasteiger partial charge in [-0.2, -0.15) is 0 Å². The molecule has 0 unspecified atom stereocenters. The molecule has 1 saturated heterocycles. The first-order chi connectivity index (χ1) is 26.0. The summed E-state index contributed by atoms with van der Waals surface area (Å²) >= 11 is 15.2. The largest absolute Gasteiger partial charge is 0.493 e. The Labute approximate surface area is 332 Å². The van der Waals surface area contributed by atoms with Gasteiger partial charge in [-0.3, -0.25) is 9.69 Å². The number of fused-ring (bicyclic) bond motifs is 2. The zero-order chi connectivity index (χ0) is 38.5. The topological polar surface area (TPSA) is 80.8 Å².